The first-order valence-corrected chi connectivity index (χ1v) is 8.30. The number of aromatic nitrogens is 2. The van der Waals surface area contributed by atoms with Crippen LogP contribution in [-0.2, 0) is 17.4 Å². The first-order chi connectivity index (χ1) is 12.3. The van der Waals surface area contributed by atoms with E-state index in [1.54, 1.807) is 18.0 Å². The van der Waals surface area contributed by atoms with Crippen LogP contribution >= 0.6 is 0 Å². The van der Waals surface area contributed by atoms with Gasteiger partial charge in [-0.15, -0.1) is 0 Å². The first-order valence-electron chi connectivity index (χ1n) is 8.30. The Morgan fingerprint density at radius 1 is 1.15 bits per heavy atom. The number of carbonyl (C=O) groups is 1. The van der Waals surface area contributed by atoms with Gasteiger partial charge in [0.15, 0.2) is 0 Å². The first kappa shape index (κ1) is 16.6. The van der Waals surface area contributed by atoms with Crippen LogP contribution in [0, 0.1) is 0 Å². The van der Waals surface area contributed by atoms with Gasteiger partial charge in [-0.1, -0.05) is 6.07 Å². The van der Waals surface area contributed by atoms with Gasteiger partial charge in [-0.2, -0.15) is 13.2 Å². The number of carbonyl (C=O) groups excluding carboxylic acids is 1. The highest BCUT2D eigenvalue weighted by atomic mass is 19.4. The Bertz CT molecular complexity index is 1010. The van der Waals surface area contributed by atoms with E-state index in [0.29, 0.717) is 17.9 Å². The molecule has 7 heteroatoms. The van der Waals surface area contributed by atoms with Gasteiger partial charge in [0, 0.05) is 37.1 Å². The molecule has 4 nitrogen and oxygen atoms in total. The van der Waals surface area contributed by atoms with Gasteiger partial charge in [0.1, 0.15) is 5.65 Å². The molecule has 134 valence electrons. The summed E-state index contributed by atoms with van der Waals surface area (Å²) in [5.74, 6) is 0.00566. The standard InChI is InChI=1S/C19H16F3N3O/c1-12(26)25-8-2-3-14-9-13(4-6-17(14)25)16-11-24-10-15(19(20,21)22)5-7-18(24)23-16/h4-7,9-11H,2-3,8H2,1H3. The second-order valence-corrected chi connectivity index (χ2v) is 6.42. The lowest BCUT2D eigenvalue weighted by Gasteiger charge is -2.28. The number of nitrogens with zero attached hydrogens (tertiary/aromatic N) is 3. The number of hydrogen-bond donors (Lipinski definition) is 0. The summed E-state index contributed by atoms with van der Waals surface area (Å²) in [4.78, 5) is 17.9. The number of anilines is 1. The van der Waals surface area contributed by atoms with Crippen molar-refractivity contribution in [1.29, 1.82) is 0 Å². The van der Waals surface area contributed by atoms with Gasteiger partial charge in [0.05, 0.1) is 11.3 Å². The fourth-order valence-electron chi connectivity index (χ4n) is 3.38. The van der Waals surface area contributed by atoms with E-state index >= 15 is 0 Å². The fourth-order valence-corrected chi connectivity index (χ4v) is 3.38. The van der Waals surface area contributed by atoms with Crippen molar-refractivity contribution >= 4 is 17.2 Å². The highest BCUT2D eigenvalue weighted by Crippen LogP contribution is 2.33. The maximum absolute atomic E-state index is 12.9. The van der Waals surface area contributed by atoms with Crippen molar-refractivity contribution in [2.45, 2.75) is 25.9 Å². The zero-order valence-corrected chi connectivity index (χ0v) is 14.0. The molecule has 1 aliphatic heterocycles. The number of pyridine rings is 1. The quantitative estimate of drug-likeness (QED) is 0.649. The fraction of sp³-hybridized carbons (Fsp3) is 0.263. The molecule has 0 N–H and O–H groups in total. The van der Waals surface area contributed by atoms with E-state index in [9.17, 15) is 18.0 Å². The third kappa shape index (κ3) is 2.83. The number of amides is 1. The number of rotatable bonds is 1. The molecule has 0 unspecified atom stereocenters. The highest BCUT2D eigenvalue weighted by molar-refractivity contribution is 5.93. The third-order valence-corrected chi connectivity index (χ3v) is 4.65. The molecule has 0 aliphatic carbocycles. The molecular weight excluding hydrogens is 343 g/mol. The lowest BCUT2D eigenvalue weighted by molar-refractivity contribution is -0.137. The van der Waals surface area contributed by atoms with Gasteiger partial charge in [-0.05, 0) is 42.7 Å². The van der Waals surface area contributed by atoms with Crippen LogP contribution in [-0.4, -0.2) is 21.8 Å². The van der Waals surface area contributed by atoms with Crippen LogP contribution in [0.4, 0.5) is 18.9 Å². The molecule has 3 aromatic rings. The number of alkyl halides is 3. The number of imidazole rings is 1. The number of benzene rings is 1. The summed E-state index contributed by atoms with van der Waals surface area (Å²) in [5, 5.41) is 0. The lowest BCUT2D eigenvalue weighted by atomic mass is 9.98. The van der Waals surface area contributed by atoms with E-state index in [4.69, 9.17) is 0 Å². The van der Waals surface area contributed by atoms with Gasteiger partial charge >= 0.3 is 6.18 Å². The molecule has 0 fully saturated rings. The third-order valence-electron chi connectivity index (χ3n) is 4.65. The second-order valence-electron chi connectivity index (χ2n) is 6.42. The topological polar surface area (TPSA) is 37.6 Å². The monoisotopic (exact) mass is 359 g/mol. The van der Waals surface area contributed by atoms with E-state index in [2.05, 4.69) is 4.98 Å². The summed E-state index contributed by atoms with van der Waals surface area (Å²) in [6, 6.07) is 8.10. The molecule has 4 rings (SSSR count). The molecule has 1 aliphatic rings. The van der Waals surface area contributed by atoms with Crippen molar-refractivity contribution in [2.24, 2.45) is 0 Å². The number of hydrogen-bond acceptors (Lipinski definition) is 2. The van der Waals surface area contributed by atoms with Crippen LogP contribution in [0.3, 0.4) is 0 Å². The Morgan fingerprint density at radius 3 is 2.69 bits per heavy atom. The maximum Gasteiger partial charge on any atom is 0.417 e. The van der Waals surface area contributed by atoms with Gasteiger partial charge in [0.25, 0.3) is 0 Å². The van der Waals surface area contributed by atoms with Crippen molar-refractivity contribution in [1.82, 2.24) is 9.38 Å². The number of fused-ring (bicyclic) bond motifs is 2. The van der Waals surface area contributed by atoms with Gasteiger partial charge in [0.2, 0.25) is 5.91 Å². The second kappa shape index (κ2) is 5.86. The molecule has 0 saturated carbocycles. The SMILES string of the molecule is CC(=O)N1CCCc2cc(-c3cn4cc(C(F)(F)F)ccc4n3)ccc21. The summed E-state index contributed by atoms with van der Waals surface area (Å²) in [6.45, 7) is 2.25. The smallest absolute Gasteiger partial charge is 0.312 e. The molecule has 0 bridgehead atoms. The van der Waals surface area contributed by atoms with Crippen LogP contribution in [0.25, 0.3) is 16.9 Å². The molecule has 0 radical (unpaired) electrons. The maximum atomic E-state index is 12.9. The molecule has 0 atom stereocenters. The number of aryl methyl sites for hydroxylation is 1. The number of halogens is 3. The van der Waals surface area contributed by atoms with Crippen molar-refractivity contribution in [3.8, 4) is 11.3 Å². The van der Waals surface area contributed by atoms with E-state index in [1.165, 1.54) is 10.5 Å². The zero-order valence-electron chi connectivity index (χ0n) is 14.0. The Hall–Kier alpha value is -2.83. The van der Waals surface area contributed by atoms with Crippen LogP contribution in [0.1, 0.15) is 24.5 Å². The summed E-state index contributed by atoms with van der Waals surface area (Å²) >= 11 is 0. The van der Waals surface area contributed by atoms with Crippen LogP contribution < -0.4 is 4.90 Å². The Balaban J connectivity index is 1.75. The van der Waals surface area contributed by atoms with Crippen molar-refractivity contribution in [2.75, 3.05) is 11.4 Å². The van der Waals surface area contributed by atoms with E-state index < -0.39 is 11.7 Å². The summed E-state index contributed by atoms with van der Waals surface area (Å²) in [7, 11) is 0. The normalized spacial score (nSPS) is 14.5. The summed E-state index contributed by atoms with van der Waals surface area (Å²) in [5.41, 5.74) is 3.12. The Kier molecular flexibility index (Phi) is 3.75. The Labute approximate surface area is 147 Å². The minimum absolute atomic E-state index is 0.00566. The van der Waals surface area contributed by atoms with E-state index in [1.807, 2.05) is 18.2 Å². The van der Waals surface area contributed by atoms with Crippen LogP contribution in [0.2, 0.25) is 0 Å². The summed E-state index contributed by atoms with van der Waals surface area (Å²) < 4.78 is 40.0. The van der Waals surface area contributed by atoms with Gasteiger partial charge in [-0.25, -0.2) is 4.98 Å². The Morgan fingerprint density at radius 2 is 1.96 bits per heavy atom. The minimum Gasteiger partial charge on any atom is -0.312 e. The zero-order chi connectivity index (χ0) is 18.5. The molecule has 26 heavy (non-hydrogen) atoms. The van der Waals surface area contributed by atoms with Gasteiger partial charge in [-0.3, -0.25) is 4.79 Å². The molecule has 0 saturated heterocycles. The van der Waals surface area contributed by atoms with E-state index in [-0.39, 0.29) is 5.91 Å². The largest absolute Gasteiger partial charge is 0.417 e. The summed E-state index contributed by atoms with van der Waals surface area (Å²) in [6.07, 6.45) is -0.00509. The predicted octanol–water partition coefficient (Wildman–Crippen LogP) is 4.32. The van der Waals surface area contributed by atoms with Crippen molar-refractivity contribution in [3.63, 3.8) is 0 Å². The molecule has 2 aromatic heterocycles. The minimum atomic E-state index is -4.39. The van der Waals surface area contributed by atoms with Gasteiger partial charge < -0.3 is 9.30 Å². The lowest BCUT2D eigenvalue weighted by Crippen LogP contribution is -2.33. The predicted molar refractivity (Wildman–Crippen MR) is 92.0 cm³/mol. The van der Waals surface area contributed by atoms with Crippen molar-refractivity contribution < 1.29 is 18.0 Å². The molecule has 1 aromatic carbocycles. The average Bonchev–Trinajstić information content (AvgIpc) is 3.03. The van der Waals surface area contributed by atoms with E-state index in [0.717, 1.165) is 41.9 Å². The average molecular weight is 359 g/mol. The van der Waals surface area contributed by atoms with Crippen LogP contribution in [0.15, 0.2) is 42.7 Å². The molecule has 1 amide bonds. The van der Waals surface area contributed by atoms with Crippen molar-refractivity contribution in [3.05, 3.63) is 53.9 Å². The molecule has 3 heterocycles. The van der Waals surface area contributed by atoms with Crippen LogP contribution in [0.5, 0.6) is 0 Å². The highest BCUT2D eigenvalue weighted by Gasteiger charge is 2.31. The molecule has 0 spiro atoms. The molecular formula is C19H16F3N3O.